The van der Waals surface area contributed by atoms with Gasteiger partial charge in [0.2, 0.25) is 15.9 Å². The van der Waals surface area contributed by atoms with E-state index in [0.717, 1.165) is 6.42 Å². The number of amides is 1. The number of nitrogens with two attached hydrogens (primary N) is 2. The maximum Gasteiger partial charge on any atom is 0.241 e. The number of benzene rings is 1. The van der Waals surface area contributed by atoms with Gasteiger partial charge in [-0.2, -0.15) is 0 Å². The van der Waals surface area contributed by atoms with Gasteiger partial charge in [0.15, 0.2) is 0 Å². The first-order chi connectivity index (χ1) is 8.75. The zero-order chi connectivity index (χ0) is 14.6. The summed E-state index contributed by atoms with van der Waals surface area (Å²) in [6.07, 6.45) is 1.39. The average molecular weight is 350 g/mol. The first-order valence-corrected chi connectivity index (χ1v) is 7.98. The molecule has 106 valence electrons. The van der Waals surface area contributed by atoms with Crippen molar-refractivity contribution in [2.75, 3.05) is 5.32 Å². The monoisotopic (exact) mass is 349 g/mol. The van der Waals surface area contributed by atoms with E-state index in [1.54, 1.807) is 0 Å². The normalized spacial score (nSPS) is 13.1. The highest BCUT2D eigenvalue weighted by Gasteiger charge is 2.15. The first-order valence-electron chi connectivity index (χ1n) is 5.64. The Labute approximate surface area is 120 Å². The Hall–Kier alpha value is -0.960. The Morgan fingerprint density at radius 1 is 1.47 bits per heavy atom. The fraction of sp³-hybridized carbons (Fsp3) is 0.364. The van der Waals surface area contributed by atoms with Crippen LogP contribution in [-0.2, 0) is 14.8 Å². The van der Waals surface area contributed by atoms with Crippen LogP contribution < -0.4 is 16.2 Å². The number of sulfonamides is 1. The van der Waals surface area contributed by atoms with Crippen LogP contribution in [0.1, 0.15) is 19.8 Å². The summed E-state index contributed by atoms with van der Waals surface area (Å²) in [5.74, 6) is -0.314. The van der Waals surface area contributed by atoms with Gasteiger partial charge in [0, 0.05) is 4.47 Å². The van der Waals surface area contributed by atoms with Crippen molar-refractivity contribution in [1.82, 2.24) is 0 Å². The molecule has 1 rings (SSSR count). The lowest BCUT2D eigenvalue weighted by Gasteiger charge is -2.12. The minimum absolute atomic E-state index is 0.0322. The van der Waals surface area contributed by atoms with E-state index in [9.17, 15) is 13.2 Å². The summed E-state index contributed by atoms with van der Waals surface area (Å²) in [5.41, 5.74) is 6.13. The highest BCUT2D eigenvalue weighted by Crippen LogP contribution is 2.25. The van der Waals surface area contributed by atoms with Crippen LogP contribution in [0.25, 0.3) is 0 Å². The topological polar surface area (TPSA) is 115 Å². The molecule has 6 nitrogen and oxygen atoms in total. The van der Waals surface area contributed by atoms with Gasteiger partial charge in [-0.1, -0.05) is 13.3 Å². The van der Waals surface area contributed by atoms with E-state index in [4.69, 9.17) is 10.9 Å². The molecule has 1 amide bonds. The fourth-order valence-electron chi connectivity index (χ4n) is 1.44. The number of carbonyl (C=O) groups is 1. The molecule has 5 N–H and O–H groups in total. The van der Waals surface area contributed by atoms with Crippen molar-refractivity contribution in [2.45, 2.75) is 30.7 Å². The maximum absolute atomic E-state index is 11.7. The quantitative estimate of drug-likeness (QED) is 0.739. The molecule has 0 heterocycles. The van der Waals surface area contributed by atoms with Crippen molar-refractivity contribution in [3.05, 3.63) is 22.7 Å². The third kappa shape index (κ3) is 4.57. The van der Waals surface area contributed by atoms with Gasteiger partial charge in [0.1, 0.15) is 0 Å². The highest BCUT2D eigenvalue weighted by molar-refractivity contribution is 9.10. The molecule has 1 atom stereocenters. The first kappa shape index (κ1) is 16.1. The molecule has 0 aliphatic carbocycles. The van der Waals surface area contributed by atoms with Gasteiger partial charge >= 0.3 is 0 Å². The van der Waals surface area contributed by atoms with Crippen LogP contribution in [0.5, 0.6) is 0 Å². The third-order valence-electron chi connectivity index (χ3n) is 2.46. The minimum atomic E-state index is -3.76. The molecule has 0 aliphatic heterocycles. The number of halogens is 1. The van der Waals surface area contributed by atoms with Gasteiger partial charge in [-0.3, -0.25) is 4.79 Å². The van der Waals surface area contributed by atoms with Gasteiger partial charge in [-0.25, -0.2) is 13.6 Å². The molecule has 19 heavy (non-hydrogen) atoms. The van der Waals surface area contributed by atoms with E-state index in [1.165, 1.54) is 18.2 Å². The van der Waals surface area contributed by atoms with Gasteiger partial charge in [-0.15, -0.1) is 0 Å². The van der Waals surface area contributed by atoms with Gasteiger partial charge in [0.05, 0.1) is 16.6 Å². The smallest absolute Gasteiger partial charge is 0.241 e. The van der Waals surface area contributed by atoms with Crippen LogP contribution in [0.3, 0.4) is 0 Å². The van der Waals surface area contributed by atoms with Gasteiger partial charge in [-0.05, 0) is 40.5 Å². The SMILES string of the molecule is CCC[C@H](N)C(=O)Nc1ccc(S(N)(=O)=O)cc1Br. The number of carbonyl (C=O) groups excluding carboxylic acids is 1. The van der Waals surface area contributed by atoms with E-state index in [0.29, 0.717) is 16.6 Å². The Bertz CT molecular complexity index is 575. The van der Waals surface area contributed by atoms with Crippen molar-refractivity contribution in [3.8, 4) is 0 Å². The standard InChI is InChI=1S/C11H16BrN3O3S/c1-2-3-9(13)11(16)15-10-5-4-7(6-8(10)12)19(14,17)18/h4-6,9H,2-3,13H2,1H3,(H,15,16)(H2,14,17,18)/t9-/m0/s1. The van der Waals surface area contributed by atoms with Crippen LogP contribution in [-0.4, -0.2) is 20.4 Å². The summed E-state index contributed by atoms with van der Waals surface area (Å²) in [5, 5.41) is 7.64. The Balaban J connectivity index is 2.90. The maximum atomic E-state index is 11.7. The molecule has 1 aromatic rings. The Morgan fingerprint density at radius 2 is 2.11 bits per heavy atom. The van der Waals surface area contributed by atoms with Crippen molar-refractivity contribution in [2.24, 2.45) is 10.9 Å². The molecule has 1 aromatic carbocycles. The molecular weight excluding hydrogens is 334 g/mol. The van der Waals surface area contributed by atoms with Crippen LogP contribution in [0.2, 0.25) is 0 Å². The molecule has 0 spiro atoms. The number of rotatable bonds is 5. The summed E-state index contributed by atoms with van der Waals surface area (Å²) >= 11 is 3.18. The molecule has 0 unspecified atom stereocenters. The predicted octanol–water partition coefficient (Wildman–Crippen LogP) is 1.16. The third-order valence-corrected chi connectivity index (χ3v) is 4.03. The molecule has 0 radical (unpaired) electrons. The number of hydrogen-bond donors (Lipinski definition) is 3. The van der Waals surface area contributed by atoms with Gasteiger partial charge in [0.25, 0.3) is 0 Å². The van der Waals surface area contributed by atoms with Crippen molar-refractivity contribution in [1.29, 1.82) is 0 Å². The molecule has 0 bridgehead atoms. The number of hydrogen-bond acceptors (Lipinski definition) is 4. The number of anilines is 1. The zero-order valence-electron chi connectivity index (χ0n) is 10.4. The van der Waals surface area contributed by atoms with Crippen molar-refractivity contribution >= 4 is 37.5 Å². The van der Waals surface area contributed by atoms with E-state index in [2.05, 4.69) is 21.2 Å². The van der Waals surface area contributed by atoms with E-state index in [1.807, 2.05) is 6.92 Å². The molecule has 0 aliphatic rings. The van der Waals surface area contributed by atoms with Crippen LogP contribution >= 0.6 is 15.9 Å². The summed E-state index contributed by atoms with van der Waals surface area (Å²) in [7, 11) is -3.76. The lowest BCUT2D eigenvalue weighted by Crippen LogP contribution is -2.35. The molecule has 0 fully saturated rings. The van der Waals surface area contributed by atoms with E-state index >= 15 is 0 Å². The van der Waals surface area contributed by atoms with E-state index < -0.39 is 16.1 Å². The van der Waals surface area contributed by atoms with Gasteiger partial charge < -0.3 is 11.1 Å². The summed E-state index contributed by atoms with van der Waals surface area (Å²) in [6, 6.07) is 3.52. The summed E-state index contributed by atoms with van der Waals surface area (Å²) < 4.78 is 22.8. The van der Waals surface area contributed by atoms with Crippen molar-refractivity contribution < 1.29 is 13.2 Å². The molecular formula is C11H16BrN3O3S. The predicted molar refractivity (Wildman–Crippen MR) is 77.0 cm³/mol. The highest BCUT2D eigenvalue weighted by atomic mass is 79.9. The summed E-state index contributed by atoms with van der Waals surface area (Å²) in [4.78, 5) is 11.7. The lowest BCUT2D eigenvalue weighted by molar-refractivity contribution is -0.117. The number of primary sulfonamides is 1. The zero-order valence-corrected chi connectivity index (χ0v) is 12.8. The number of nitrogens with one attached hydrogen (secondary N) is 1. The molecule has 0 saturated carbocycles. The fourth-order valence-corrected chi connectivity index (χ4v) is 2.61. The van der Waals surface area contributed by atoms with Crippen LogP contribution in [0, 0.1) is 0 Å². The minimum Gasteiger partial charge on any atom is -0.324 e. The lowest BCUT2D eigenvalue weighted by atomic mass is 10.1. The molecule has 0 aromatic heterocycles. The van der Waals surface area contributed by atoms with Crippen LogP contribution in [0.15, 0.2) is 27.6 Å². The second-order valence-electron chi connectivity index (χ2n) is 4.07. The molecule has 0 saturated heterocycles. The Kier molecular flexibility index (Phi) is 5.48. The second kappa shape index (κ2) is 6.47. The largest absolute Gasteiger partial charge is 0.324 e. The second-order valence-corrected chi connectivity index (χ2v) is 6.49. The van der Waals surface area contributed by atoms with Crippen molar-refractivity contribution in [3.63, 3.8) is 0 Å². The van der Waals surface area contributed by atoms with E-state index in [-0.39, 0.29) is 10.8 Å². The molecule has 8 heteroatoms. The average Bonchev–Trinajstić information content (AvgIpc) is 2.30. The van der Waals surface area contributed by atoms with Crippen LogP contribution in [0.4, 0.5) is 5.69 Å². The summed E-state index contributed by atoms with van der Waals surface area (Å²) in [6.45, 7) is 1.93. The Morgan fingerprint density at radius 3 is 2.58 bits per heavy atom.